The van der Waals surface area contributed by atoms with E-state index < -0.39 is 0 Å². The average molecular weight is 366 g/mol. The summed E-state index contributed by atoms with van der Waals surface area (Å²) < 4.78 is 7.02. The zero-order valence-corrected chi connectivity index (χ0v) is 14.6. The highest BCUT2D eigenvalue weighted by Crippen LogP contribution is 2.34. The summed E-state index contributed by atoms with van der Waals surface area (Å²) in [6, 6.07) is 21.0. The second kappa shape index (κ2) is 5.43. The molecule has 0 N–H and O–H groups in total. The van der Waals surface area contributed by atoms with Gasteiger partial charge < -0.3 is 9.32 Å². The van der Waals surface area contributed by atoms with Crippen molar-refractivity contribution in [3.8, 4) is 0 Å². The van der Waals surface area contributed by atoms with Crippen LogP contribution in [0.25, 0.3) is 21.9 Å². The minimum Gasteiger partial charge on any atom is -0.456 e. The second-order valence-electron chi connectivity index (χ2n) is 5.82. The SMILES string of the molecule is Cc1ccc2oc3ccc(N(C)c4cccc(Br)c4)cc3c2c1. The first-order chi connectivity index (χ1) is 11.1. The Morgan fingerprint density at radius 1 is 0.826 bits per heavy atom. The fourth-order valence-corrected chi connectivity index (χ4v) is 3.31. The number of furan rings is 1. The Labute approximate surface area is 143 Å². The molecule has 4 rings (SSSR count). The zero-order chi connectivity index (χ0) is 16.0. The van der Waals surface area contributed by atoms with Crippen molar-refractivity contribution in [2.45, 2.75) is 6.92 Å². The summed E-state index contributed by atoms with van der Waals surface area (Å²) >= 11 is 3.54. The minimum absolute atomic E-state index is 0.928. The van der Waals surface area contributed by atoms with Crippen molar-refractivity contribution in [3.63, 3.8) is 0 Å². The highest BCUT2D eigenvalue weighted by molar-refractivity contribution is 9.10. The van der Waals surface area contributed by atoms with Crippen molar-refractivity contribution in [1.82, 2.24) is 0 Å². The van der Waals surface area contributed by atoms with Crippen LogP contribution in [0.4, 0.5) is 11.4 Å². The highest BCUT2D eigenvalue weighted by Gasteiger charge is 2.10. The molecule has 1 heterocycles. The summed E-state index contributed by atoms with van der Waals surface area (Å²) in [5, 5.41) is 2.33. The Balaban J connectivity index is 1.87. The van der Waals surface area contributed by atoms with E-state index in [0.29, 0.717) is 0 Å². The normalized spacial score (nSPS) is 11.3. The van der Waals surface area contributed by atoms with Gasteiger partial charge in [0.25, 0.3) is 0 Å². The maximum absolute atomic E-state index is 5.94. The summed E-state index contributed by atoms with van der Waals surface area (Å²) in [4.78, 5) is 2.18. The third-order valence-electron chi connectivity index (χ3n) is 4.19. The molecule has 0 fully saturated rings. The van der Waals surface area contributed by atoms with Crippen molar-refractivity contribution in [2.75, 3.05) is 11.9 Å². The third-order valence-corrected chi connectivity index (χ3v) is 4.68. The minimum atomic E-state index is 0.928. The van der Waals surface area contributed by atoms with E-state index >= 15 is 0 Å². The molecular weight excluding hydrogens is 350 g/mol. The molecule has 0 aliphatic carbocycles. The van der Waals surface area contributed by atoms with Gasteiger partial charge in [-0.25, -0.2) is 0 Å². The Bertz CT molecular complexity index is 1020. The number of nitrogens with zero attached hydrogens (tertiary/aromatic N) is 1. The van der Waals surface area contributed by atoms with Gasteiger partial charge in [0.15, 0.2) is 0 Å². The van der Waals surface area contributed by atoms with Crippen LogP contribution in [-0.2, 0) is 0 Å². The summed E-state index contributed by atoms with van der Waals surface area (Å²) in [6.07, 6.45) is 0. The Morgan fingerprint density at radius 2 is 1.52 bits per heavy atom. The number of benzene rings is 3. The number of aryl methyl sites for hydroxylation is 1. The number of halogens is 1. The van der Waals surface area contributed by atoms with Gasteiger partial charge in [-0.2, -0.15) is 0 Å². The van der Waals surface area contributed by atoms with E-state index in [4.69, 9.17) is 4.42 Å². The molecule has 0 saturated heterocycles. The molecule has 0 aliphatic rings. The van der Waals surface area contributed by atoms with E-state index in [1.54, 1.807) is 0 Å². The van der Waals surface area contributed by atoms with Gasteiger partial charge in [-0.3, -0.25) is 0 Å². The lowest BCUT2D eigenvalue weighted by atomic mass is 10.1. The van der Waals surface area contributed by atoms with Crippen molar-refractivity contribution in [3.05, 3.63) is 70.7 Å². The fraction of sp³-hybridized carbons (Fsp3) is 0.100. The topological polar surface area (TPSA) is 16.4 Å². The van der Waals surface area contributed by atoms with Crippen LogP contribution in [0.5, 0.6) is 0 Å². The number of hydrogen-bond donors (Lipinski definition) is 0. The molecule has 0 radical (unpaired) electrons. The third kappa shape index (κ3) is 2.51. The van der Waals surface area contributed by atoms with Crippen molar-refractivity contribution >= 4 is 49.2 Å². The second-order valence-corrected chi connectivity index (χ2v) is 6.74. The van der Waals surface area contributed by atoms with E-state index in [9.17, 15) is 0 Å². The predicted molar refractivity (Wildman–Crippen MR) is 101 cm³/mol. The maximum atomic E-state index is 5.94. The van der Waals surface area contributed by atoms with Crippen molar-refractivity contribution in [1.29, 1.82) is 0 Å². The maximum Gasteiger partial charge on any atom is 0.135 e. The molecule has 4 aromatic rings. The van der Waals surface area contributed by atoms with Crippen LogP contribution >= 0.6 is 15.9 Å². The van der Waals surface area contributed by atoms with E-state index in [2.05, 4.69) is 77.3 Å². The number of rotatable bonds is 2. The van der Waals surface area contributed by atoms with Gasteiger partial charge in [-0.05, 0) is 55.5 Å². The molecule has 2 nitrogen and oxygen atoms in total. The van der Waals surface area contributed by atoms with Crippen LogP contribution in [0.2, 0.25) is 0 Å². The first-order valence-corrected chi connectivity index (χ1v) is 8.33. The molecule has 23 heavy (non-hydrogen) atoms. The standard InChI is InChI=1S/C20H16BrNO/c1-13-6-8-19-17(10-13)18-12-16(7-9-20(18)23-19)22(2)15-5-3-4-14(21)11-15/h3-12H,1-2H3. The van der Waals surface area contributed by atoms with Gasteiger partial charge in [-0.1, -0.05) is 33.6 Å². The van der Waals surface area contributed by atoms with Crippen LogP contribution in [0.3, 0.4) is 0 Å². The molecule has 114 valence electrons. The molecule has 0 unspecified atom stereocenters. The number of fused-ring (bicyclic) bond motifs is 3. The van der Waals surface area contributed by atoms with Gasteiger partial charge in [0, 0.05) is 33.7 Å². The summed E-state index contributed by atoms with van der Waals surface area (Å²) in [5.74, 6) is 0. The van der Waals surface area contributed by atoms with Gasteiger partial charge in [0.2, 0.25) is 0 Å². The van der Waals surface area contributed by atoms with Crippen molar-refractivity contribution in [2.24, 2.45) is 0 Å². The van der Waals surface area contributed by atoms with Gasteiger partial charge in [0.05, 0.1) is 0 Å². The fourth-order valence-electron chi connectivity index (χ4n) is 2.92. The molecule has 3 heteroatoms. The lowest BCUT2D eigenvalue weighted by Gasteiger charge is -2.19. The Kier molecular flexibility index (Phi) is 3.38. The Morgan fingerprint density at radius 3 is 2.30 bits per heavy atom. The van der Waals surface area contributed by atoms with Crippen LogP contribution in [0, 0.1) is 6.92 Å². The summed E-state index contributed by atoms with van der Waals surface area (Å²) in [5.41, 5.74) is 5.39. The largest absolute Gasteiger partial charge is 0.456 e. The van der Waals surface area contributed by atoms with Crippen LogP contribution in [0.1, 0.15) is 5.56 Å². The van der Waals surface area contributed by atoms with Gasteiger partial charge >= 0.3 is 0 Å². The smallest absolute Gasteiger partial charge is 0.135 e. The van der Waals surface area contributed by atoms with E-state index in [-0.39, 0.29) is 0 Å². The van der Waals surface area contributed by atoms with Crippen LogP contribution in [-0.4, -0.2) is 7.05 Å². The van der Waals surface area contributed by atoms with Crippen molar-refractivity contribution < 1.29 is 4.42 Å². The number of anilines is 2. The molecule has 3 aromatic carbocycles. The van der Waals surface area contributed by atoms with E-state index in [0.717, 1.165) is 32.4 Å². The van der Waals surface area contributed by atoms with Gasteiger partial charge in [0.1, 0.15) is 11.2 Å². The van der Waals surface area contributed by atoms with Gasteiger partial charge in [-0.15, -0.1) is 0 Å². The summed E-state index contributed by atoms with van der Waals surface area (Å²) in [6.45, 7) is 2.11. The number of hydrogen-bond acceptors (Lipinski definition) is 2. The molecule has 0 saturated carbocycles. The molecular formula is C20H16BrNO. The predicted octanol–water partition coefficient (Wildman–Crippen LogP) is 6.42. The quantitative estimate of drug-likeness (QED) is 0.407. The molecule has 0 amide bonds. The first kappa shape index (κ1) is 14.3. The molecule has 0 bridgehead atoms. The summed E-state index contributed by atoms with van der Waals surface area (Å²) in [7, 11) is 2.08. The first-order valence-electron chi connectivity index (χ1n) is 7.54. The zero-order valence-electron chi connectivity index (χ0n) is 13.0. The molecule has 0 aliphatic heterocycles. The molecule has 0 spiro atoms. The highest BCUT2D eigenvalue weighted by atomic mass is 79.9. The van der Waals surface area contributed by atoms with Crippen LogP contribution < -0.4 is 4.90 Å². The Hall–Kier alpha value is -2.26. The monoisotopic (exact) mass is 365 g/mol. The lowest BCUT2D eigenvalue weighted by molar-refractivity contribution is 0.669. The van der Waals surface area contributed by atoms with Crippen LogP contribution in [0.15, 0.2) is 69.6 Å². The molecule has 1 aromatic heterocycles. The molecule has 0 atom stereocenters. The van der Waals surface area contributed by atoms with E-state index in [1.165, 1.54) is 10.9 Å². The average Bonchev–Trinajstić information content (AvgIpc) is 2.91. The lowest BCUT2D eigenvalue weighted by Crippen LogP contribution is -2.08. The van der Waals surface area contributed by atoms with E-state index in [1.807, 2.05) is 18.2 Å².